The van der Waals surface area contributed by atoms with E-state index in [2.05, 4.69) is 27.7 Å². The molecule has 4 fully saturated rings. The summed E-state index contributed by atoms with van der Waals surface area (Å²) in [5.74, 6) is 3.44. The molecule has 2 heteroatoms. The Bertz CT molecular complexity index is 410. The Labute approximate surface area is 161 Å². The molecule has 0 aromatic heterocycles. The average Bonchev–Trinajstić information content (AvgIpc) is 2.64. The van der Waals surface area contributed by atoms with Gasteiger partial charge in [-0.3, -0.25) is 0 Å². The van der Waals surface area contributed by atoms with Crippen molar-refractivity contribution >= 4 is 0 Å². The van der Waals surface area contributed by atoms with Crippen LogP contribution in [-0.2, 0) is 9.47 Å². The van der Waals surface area contributed by atoms with Gasteiger partial charge in [-0.05, 0) is 87.4 Å². The molecular weight excluding hydrogens is 320 g/mol. The fraction of sp³-hybridized carbons (Fsp3) is 1.00. The topological polar surface area (TPSA) is 18.5 Å². The second-order valence-electron chi connectivity index (χ2n) is 11.0. The van der Waals surface area contributed by atoms with Crippen molar-refractivity contribution in [3.63, 3.8) is 0 Å². The molecule has 0 aromatic carbocycles. The van der Waals surface area contributed by atoms with Gasteiger partial charge in [-0.1, -0.05) is 40.0 Å². The predicted octanol–water partition coefficient (Wildman–Crippen LogP) is 6.58. The van der Waals surface area contributed by atoms with Crippen molar-refractivity contribution in [2.45, 2.75) is 111 Å². The molecule has 0 radical (unpaired) electrons. The zero-order chi connectivity index (χ0) is 18.4. The zero-order valence-electron chi connectivity index (χ0n) is 17.8. The Morgan fingerprint density at radius 3 is 1.73 bits per heavy atom. The molecule has 0 N–H and O–H groups in total. The van der Waals surface area contributed by atoms with E-state index in [1.165, 1.54) is 70.6 Å². The van der Waals surface area contributed by atoms with Crippen molar-refractivity contribution in [1.29, 1.82) is 0 Å². The zero-order valence-corrected chi connectivity index (χ0v) is 17.8. The molecule has 4 unspecified atom stereocenters. The van der Waals surface area contributed by atoms with E-state index in [0.29, 0.717) is 16.9 Å². The third kappa shape index (κ3) is 3.50. The summed E-state index contributed by atoms with van der Waals surface area (Å²) in [7, 11) is 0. The van der Waals surface area contributed by atoms with Gasteiger partial charge in [-0.15, -0.1) is 0 Å². The first kappa shape index (κ1) is 19.2. The minimum Gasteiger partial charge on any atom is -0.352 e. The Morgan fingerprint density at radius 1 is 0.654 bits per heavy atom. The molecule has 0 aromatic rings. The van der Waals surface area contributed by atoms with Crippen LogP contribution in [-0.4, -0.2) is 19.0 Å². The average molecular weight is 363 g/mol. The maximum absolute atomic E-state index is 6.73. The lowest BCUT2D eigenvalue weighted by Crippen LogP contribution is -2.58. The van der Waals surface area contributed by atoms with E-state index < -0.39 is 0 Å². The Kier molecular flexibility index (Phi) is 5.47. The molecule has 2 nitrogen and oxygen atoms in total. The van der Waals surface area contributed by atoms with Crippen LogP contribution in [0.3, 0.4) is 0 Å². The Balaban J connectivity index is 1.63. The smallest absolute Gasteiger partial charge is 0.155 e. The van der Waals surface area contributed by atoms with E-state index in [0.717, 1.165) is 30.3 Å². The van der Waals surface area contributed by atoms with E-state index in [1.54, 1.807) is 0 Å². The standard InChI is InChI=1S/C24H42O2/c1-17-5-10-23(11-6-17)12-9-19(3)15-21(23)22-24(16-25-20(4)26-22)13-7-18(2)8-14-24/h17-22H,5-16H2,1-4H3. The molecule has 4 atom stereocenters. The van der Waals surface area contributed by atoms with Gasteiger partial charge in [0.25, 0.3) is 0 Å². The summed E-state index contributed by atoms with van der Waals surface area (Å²) in [6.45, 7) is 10.5. The number of hydrogen-bond acceptors (Lipinski definition) is 2. The van der Waals surface area contributed by atoms with E-state index >= 15 is 0 Å². The number of ether oxygens (including phenoxy) is 2. The Hall–Kier alpha value is -0.0800. The highest BCUT2D eigenvalue weighted by Crippen LogP contribution is 2.59. The quantitative estimate of drug-likeness (QED) is 0.524. The molecule has 150 valence electrons. The van der Waals surface area contributed by atoms with Crippen molar-refractivity contribution in [2.24, 2.45) is 34.5 Å². The molecule has 4 rings (SSSR count). The van der Waals surface area contributed by atoms with Crippen LogP contribution in [0, 0.1) is 34.5 Å². The summed E-state index contributed by atoms with van der Waals surface area (Å²) in [5, 5.41) is 0. The lowest BCUT2D eigenvalue weighted by Gasteiger charge is -2.59. The van der Waals surface area contributed by atoms with Crippen LogP contribution in [0.2, 0.25) is 0 Å². The van der Waals surface area contributed by atoms with Crippen molar-refractivity contribution in [3.05, 3.63) is 0 Å². The number of rotatable bonds is 1. The van der Waals surface area contributed by atoms with Gasteiger partial charge in [-0.25, -0.2) is 0 Å². The molecule has 26 heavy (non-hydrogen) atoms. The molecule has 3 saturated carbocycles. The SMILES string of the molecule is CC1CCC2(CC1)CCC(C)CC2C1OC(C)OCC12CCC(C)CC2. The molecule has 3 aliphatic carbocycles. The maximum atomic E-state index is 6.73. The van der Waals surface area contributed by atoms with Crippen LogP contribution < -0.4 is 0 Å². The summed E-state index contributed by atoms with van der Waals surface area (Å²) in [6.07, 6.45) is 15.9. The molecule has 2 spiro atoms. The van der Waals surface area contributed by atoms with Gasteiger partial charge in [0.05, 0.1) is 12.7 Å². The minimum absolute atomic E-state index is 0.0122. The molecule has 1 heterocycles. The third-order valence-corrected chi connectivity index (χ3v) is 9.03. The van der Waals surface area contributed by atoms with Crippen LogP contribution in [0.25, 0.3) is 0 Å². The van der Waals surface area contributed by atoms with Crippen molar-refractivity contribution in [2.75, 3.05) is 6.61 Å². The predicted molar refractivity (Wildman–Crippen MR) is 107 cm³/mol. The second-order valence-corrected chi connectivity index (χ2v) is 11.0. The van der Waals surface area contributed by atoms with Crippen LogP contribution in [0.15, 0.2) is 0 Å². The molecule has 0 amide bonds. The highest BCUT2D eigenvalue weighted by molar-refractivity contribution is 5.04. The van der Waals surface area contributed by atoms with Crippen LogP contribution in [0.5, 0.6) is 0 Å². The monoisotopic (exact) mass is 362 g/mol. The van der Waals surface area contributed by atoms with Crippen molar-refractivity contribution in [1.82, 2.24) is 0 Å². The summed E-state index contributed by atoms with van der Waals surface area (Å²) in [5.41, 5.74) is 0.869. The Morgan fingerprint density at radius 2 is 1.15 bits per heavy atom. The fourth-order valence-electron chi connectivity index (χ4n) is 6.97. The highest BCUT2D eigenvalue weighted by atomic mass is 16.7. The largest absolute Gasteiger partial charge is 0.352 e. The first-order chi connectivity index (χ1) is 12.4. The van der Waals surface area contributed by atoms with Crippen LogP contribution in [0.4, 0.5) is 0 Å². The van der Waals surface area contributed by atoms with Gasteiger partial charge >= 0.3 is 0 Å². The molecule has 4 aliphatic rings. The maximum Gasteiger partial charge on any atom is 0.155 e. The van der Waals surface area contributed by atoms with Gasteiger partial charge in [0.2, 0.25) is 0 Å². The summed E-state index contributed by atoms with van der Waals surface area (Å²) < 4.78 is 12.9. The van der Waals surface area contributed by atoms with Gasteiger partial charge in [0.15, 0.2) is 6.29 Å². The van der Waals surface area contributed by atoms with Crippen LogP contribution in [0.1, 0.15) is 98.3 Å². The summed E-state index contributed by atoms with van der Waals surface area (Å²) >= 11 is 0. The first-order valence-corrected chi connectivity index (χ1v) is 11.7. The van der Waals surface area contributed by atoms with Gasteiger partial charge in [0.1, 0.15) is 0 Å². The molecule has 1 saturated heterocycles. The lowest BCUT2D eigenvalue weighted by molar-refractivity contribution is -0.295. The summed E-state index contributed by atoms with van der Waals surface area (Å²) in [6, 6.07) is 0. The third-order valence-electron chi connectivity index (χ3n) is 9.03. The van der Waals surface area contributed by atoms with E-state index in [9.17, 15) is 0 Å². The molecule has 0 bridgehead atoms. The highest BCUT2D eigenvalue weighted by Gasteiger charge is 2.56. The van der Waals surface area contributed by atoms with Crippen molar-refractivity contribution in [3.8, 4) is 0 Å². The molecule has 1 aliphatic heterocycles. The van der Waals surface area contributed by atoms with E-state index in [-0.39, 0.29) is 6.29 Å². The minimum atomic E-state index is -0.0122. The van der Waals surface area contributed by atoms with Crippen molar-refractivity contribution < 1.29 is 9.47 Å². The van der Waals surface area contributed by atoms with Crippen LogP contribution >= 0.6 is 0 Å². The lowest BCUT2D eigenvalue weighted by atomic mass is 9.51. The van der Waals surface area contributed by atoms with Gasteiger partial charge in [-0.2, -0.15) is 0 Å². The second kappa shape index (κ2) is 7.39. The van der Waals surface area contributed by atoms with E-state index in [4.69, 9.17) is 9.47 Å². The van der Waals surface area contributed by atoms with Gasteiger partial charge in [0, 0.05) is 5.41 Å². The first-order valence-electron chi connectivity index (χ1n) is 11.7. The van der Waals surface area contributed by atoms with E-state index in [1.807, 2.05) is 0 Å². The number of hydrogen-bond donors (Lipinski definition) is 0. The van der Waals surface area contributed by atoms with Gasteiger partial charge < -0.3 is 9.47 Å². The summed E-state index contributed by atoms with van der Waals surface area (Å²) in [4.78, 5) is 0. The normalized spacial score (nSPS) is 53.1. The fourth-order valence-corrected chi connectivity index (χ4v) is 6.97. The molecular formula is C24H42O2.